The van der Waals surface area contributed by atoms with Crippen LogP contribution in [0.5, 0.6) is 0 Å². The number of hydrogen-bond acceptors (Lipinski definition) is 5. The molecule has 38 valence electrons. The van der Waals surface area contributed by atoms with E-state index in [2.05, 4.69) is 4.94 Å². The number of nitrogens with one attached hydrogen (secondary N) is 1. The standard InChI is InChI=1S/CH4N2O3/c1-3(5)6-2-4/h2H,1H3/q-2. The highest BCUT2D eigenvalue weighted by molar-refractivity contribution is 4.22. The molecule has 5 nitrogen and oxygen atoms in total. The van der Waals surface area contributed by atoms with Gasteiger partial charge in [-0.15, -0.1) is 0 Å². The molecule has 0 saturated carbocycles. The molecule has 0 fully saturated rings. The quantitative estimate of drug-likeness (QED) is 0.458. The van der Waals surface area contributed by atoms with Crippen molar-refractivity contribution < 1.29 is 4.94 Å². The molecule has 0 aromatic carbocycles. The summed E-state index contributed by atoms with van der Waals surface area (Å²) < 4.78 is 0. The van der Waals surface area contributed by atoms with E-state index >= 15 is 0 Å². The van der Waals surface area contributed by atoms with E-state index < -0.39 is 0 Å². The number of rotatable bonds is 2. The van der Waals surface area contributed by atoms with E-state index in [1.807, 2.05) is 0 Å². The van der Waals surface area contributed by atoms with Gasteiger partial charge in [-0.25, -0.2) is 10.2 Å². The predicted molar refractivity (Wildman–Crippen MR) is 18.7 cm³/mol. The fraction of sp³-hybridized carbons (Fsp3) is 1.00. The van der Waals surface area contributed by atoms with Gasteiger partial charge >= 0.3 is 0 Å². The van der Waals surface area contributed by atoms with Crippen molar-refractivity contribution >= 4 is 0 Å². The second-order valence-electron chi connectivity index (χ2n) is 0.614. The highest BCUT2D eigenvalue weighted by Crippen LogP contribution is 1.68. The van der Waals surface area contributed by atoms with Crippen LogP contribution in [0.3, 0.4) is 0 Å². The zero-order valence-electron chi connectivity index (χ0n) is 3.17. The molecule has 0 bridgehead atoms. The van der Waals surface area contributed by atoms with E-state index in [0.717, 1.165) is 12.7 Å². The third-order valence-electron chi connectivity index (χ3n) is 0.166. The molecule has 6 heavy (non-hydrogen) atoms. The third kappa shape index (κ3) is 3.80. The first-order chi connectivity index (χ1) is 2.77. The van der Waals surface area contributed by atoms with E-state index in [-0.39, 0.29) is 5.23 Å². The average molecular weight is 92.1 g/mol. The van der Waals surface area contributed by atoms with Gasteiger partial charge < -0.3 is 10.4 Å². The summed E-state index contributed by atoms with van der Waals surface area (Å²) in [5.41, 5.74) is 0.931. The molecule has 0 radical (unpaired) electrons. The smallest absolute Gasteiger partial charge is 0.00102 e. The lowest BCUT2D eigenvalue weighted by Crippen LogP contribution is -2.17. The molecular weight excluding hydrogens is 88.0 g/mol. The van der Waals surface area contributed by atoms with Crippen LogP contribution >= 0.6 is 0 Å². The third-order valence-corrected chi connectivity index (χ3v) is 0.166. The minimum atomic E-state index is 0.00694. The van der Waals surface area contributed by atoms with Crippen molar-refractivity contribution in [1.29, 1.82) is 0 Å². The summed E-state index contributed by atoms with van der Waals surface area (Å²) in [6.07, 6.45) is 0. The van der Waals surface area contributed by atoms with Crippen molar-refractivity contribution in [2.45, 2.75) is 0 Å². The first kappa shape index (κ1) is 5.80. The van der Waals surface area contributed by atoms with Gasteiger partial charge in [-0.2, -0.15) is 0 Å². The Morgan fingerprint density at radius 3 is 2.33 bits per heavy atom. The van der Waals surface area contributed by atoms with Crippen LogP contribution in [0.2, 0.25) is 0 Å². The summed E-state index contributed by atoms with van der Waals surface area (Å²) >= 11 is 0. The SMILES string of the molecule is CN([O-])ON[O-]. The Balaban J connectivity index is 2.63. The zero-order valence-corrected chi connectivity index (χ0v) is 3.17. The van der Waals surface area contributed by atoms with Crippen LogP contribution in [-0.2, 0) is 4.94 Å². The molecule has 0 aromatic heterocycles. The van der Waals surface area contributed by atoms with Crippen LogP contribution in [0.4, 0.5) is 0 Å². The van der Waals surface area contributed by atoms with Crippen molar-refractivity contribution in [2.75, 3.05) is 7.05 Å². The van der Waals surface area contributed by atoms with E-state index in [1.165, 1.54) is 0 Å². The Morgan fingerprint density at radius 1 is 1.83 bits per heavy atom. The normalized spacial score (nSPS) is 10.0. The van der Waals surface area contributed by atoms with Gasteiger partial charge in [0.25, 0.3) is 0 Å². The molecule has 0 aliphatic heterocycles. The lowest BCUT2D eigenvalue weighted by atomic mass is 11.5. The molecule has 0 unspecified atom stereocenters. The van der Waals surface area contributed by atoms with Crippen LogP contribution in [0.1, 0.15) is 0 Å². The second kappa shape index (κ2) is 3.01. The van der Waals surface area contributed by atoms with Crippen molar-refractivity contribution in [3.05, 3.63) is 10.4 Å². The van der Waals surface area contributed by atoms with Crippen molar-refractivity contribution in [3.8, 4) is 0 Å². The maximum Gasteiger partial charge on any atom is 0.00102 e. The van der Waals surface area contributed by atoms with Gasteiger partial charge in [-0.05, 0) is 0 Å². The van der Waals surface area contributed by atoms with Crippen LogP contribution in [0.25, 0.3) is 0 Å². The molecule has 0 heterocycles. The Hall–Kier alpha value is -0.200. The summed E-state index contributed by atoms with van der Waals surface area (Å²) in [6, 6.07) is 0. The van der Waals surface area contributed by atoms with Crippen molar-refractivity contribution in [3.63, 3.8) is 0 Å². The van der Waals surface area contributed by atoms with E-state index in [9.17, 15) is 5.21 Å². The molecule has 0 spiro atoms. The topological polar surface area (TPSA) is 70.6 Å². The fourth-order valence-electron chi connectivity index (χ4n) is 0.0525. The predicted octanol–water partition coefficient (Wildman–Crippen LogP) is -0.650. The van der Waals surface area contributed by atoms with Gasteiger partial charge in [-0.3, -0.25) is 5.64 Å². The largest absolute Gasteiger partial charge is 0.763 e. The fourth-order valence-corrected chi connectivity index (χ4v) is 0.0525. The van der Waals surface area contributed by atoms with Crippen LogP contribution < -0.4 is 5.64 Å². The van der Waals surface area contributed by atoms with Gasteiger partial charge in [0.2, 0.25) is 0 Å². The molecule has 0 amide bonds. The van der Waals surface area contributed by atoms with Crippen LogP contribution in [0.15, 0.2) is 0 Å². The van der Waals surface area contributed by atoms with Gasteiger partial charge in [0, 0.05) is 7.05 Å². The summed E-state index contributed by atoms with van der Waals surface area (Å²) in [7, 11) is 1.05. The van der Waals surface area contributed by atoms with Gasteiger partial charge in [-0.1, -0.05) is 0 Å². The van der Waals surface area contributed by atoms with Crippen LogP contribution in [-0.4, -0.2) is 12.3 Å². The van der Waals surface area contributed by atoms with Gasteiger partial charge in [0.15, 0.2) is 0 Å². The molecule has 0 aliphatic carbocycles. The second-order valence-corrected chi connectivity index (χ2v) is 0.614. The minimum Gasteiger partial charge on any atom is -0.763 e. The Kier molecular flexibility index (Phi) is 2.91. The molecule has 0 aliphatic rings. The summed E-state index contributed by atoms with van der Waals surface area (Å²) in [5, 5.41) is 18.5. The molecule has 0 rings (SSSR count). The molecule has 1 N–H and O–H groups in total. The molecule has 0 atom stereocenters. The molecule has 0 aromatic rings. The summed E-state index contributed by atoms with van der Waals surface area (Å²) in [5.74, 6) is 0. The highest BCUT2D eigenvalue weighted by Gasteiger charge is 1.63. The Morgan fingerprint density at radius 2 is 2.33 bits per heavy atom. The van der Waals surface area contributed by atoms with Crippen LogP contribution in [0, 0.1) is 10.4 Å². The monoisotopic (exact) mass is 92.0 g/mol. The van der Waals surface area contributed by atoms with E-state index in [0.29, 0.717) is 0 Å². The zero-order chi connectivity index (χ0) is 4.99. The maximum atomic E-state index is 9.48. The molecule has 5 heteroatoms. The van der Waals surface area contributed by atoms with E-state index in [1.54, 1.807) is 0 Å². The van der Waals surface area contributed by atoms with Crippen molar-refractivity contribution in [2.24, 2.45) is 0 Å². The Bertz CT molecular complexity index is 30.0. The lowest BCUT2D eigenvalue weighted by molar-refractivity contribution is -0.144. The number of nitrogens with zero attached hydrogens (tertiary/aromatic N) is 1. The van der Waals surface area contributed by atoms with Crippen molar-refractivity contribution in [1.82, 2.24) is 10.9 Å². The minimum absolute atomic E-state index is 0.00694. The maximum absolute atomic E-state index is 9.48. The first-order valence-corrected chi connectivity index (χ1v) is 1.22. The molecular formula is CH4N2O3-2. The number of hydroxylamine groups is 2. The summed E-state index contributed by atoms with van der Waals surface area (Å²) in [4.78, 5) is 3.51. The summed E-state index contributed by atoms with van der Waals surface area (Å²) in [6.45, 7) is 0. The molecule has 0 saturated heterocycles. The number of hydrogen-bond donors (Lipinski definition) is 1. The Labute approximate surface area is 34.6 Å². The van der Waals surface area contributed by atoms with Gasteiger partial charge in [0.1, 0.15) is 0 Å². The van der Waals surface area contributed by atoms with Gasteiger partial charge in [0.05, 0.1) is 0 Å². The first-order valence-electron chi connectivity index (χ1n) is 1.22. The highest BCUT2D eigenvalue weighted by atomic mass is 17.0. The average Bonchev–Trinajstić information content (AvgIpc) is 1.35. The van der Waals surface area contributed by atoms with E-state index in [4.69, 9.17) is 5.21 Å². The lowest BCUT2D eigenvalue weighted by Gasteiger charge is -2.22.